The van der Waals surface area contributed by atoms with Crippen LogP contribution in [0.25, 0.3) is 0 Å². The molecule has 0 bridgehead atoms. The number of aliphatic hydroxyl groups excluding tert-OH is 1. The fraction of sp³-hybridized carbons (Fsp3) is 0.895. The zero-order valence-electron chi connectivity index (χ0n) is 18.2. The van der Waals surface area contributed by atoms with Crippen molar-refractivity contribution < 1.29 is 27.7 Å². The second kappa shape index (κ2) is 9.58. The highest BCUT2D eigenvalue weighted by Crippen LogP contribution is 2.38. The number of fused-ring (bicyclic) bond motifs is 1. The number of nitrogens with one attached hydrogen (secondary N) is 5. The van der Waals surface area contributed by atoms with E-state index in [4.69, 9.17) is 0 Å². The molecule has 0 aromatic carbocycles. The van der Waals surface area contributed by atoms with Gasteiger partial charge in [0.25, 0.3) is 10.1 Å². The first-order valence-electron chi connectivity index (χ1n) is 11.5. The third-order valence-electron chi connectivity index (χ3n) is 7.18. The van der Waals surface area contributed by atoms with Gasteiger partial charge in [0.1, 0.15) is 17.8 Å². The highest BCUT2D eigenvalue weighted by molar-refractivity contribution is 7.86. The minimum atomic E-state index is -4.18. The molecule has 2 heterocycles. The number of imide groups is 1. The van der Waals surface area contributed by atoms with Crippen molar-refractivity contribution in [3.63, 3.8) is 0 Å². The summed E-state index contributed by atoms with van der Waals surface area (Å²) >= 11 is 0. The first-order valence-corrected chi connectivity index (χ1v) is 13.0. The Hall–Kier alpha value is -1.19. The number of aliphatic hydroxyl groups is 1. The highest BCUT2D eigenvalue weighted by Gasteiger charge is 2.49. The first-order chi connectivity index (χ1) is 15.2. The number of rotatable bonds is 6. The van der Waals surface area contributed by atoms with Crippen molar-refractivity contribution >= 4 is 21.9 Å². The minimum Gasteiger partial charge on any atom is -0.365 e. The molecule has 2 aliphatic carbocycles. The van der Waals surface area contributed by atoms with E-state index in [1.165, 1.54) is 4.90 Å². The molecule has 32 heavy (non-hydrogen) atoms. The second-order valence-corrected chi connectivity index (χ2v) is 10.8. The number of nitrogens with zero attached hydrogens (tertiary/aromatic N) is 1. The maximum Gasteiger partial charge on any atom is 0.269 e. The minimum absolute atomic E-state index is 0.0268. The van der Waals surface area contributed by atoms with Gasteiger partial charge in [-0.1, -0.05) is 12.8 Å². The van der Waals surface area contributed by atoms with Gasteiger partial charge in [0, 0.05) is 18.6 Å². The van der Waals surface area contributed by atoms with Crippen LogP contribution in [0.15, 0.2) is 0 Å². The molecule has 2 saturated carbocycles. The molecule has 0 aromatic rings. The Bertz CT molecular complexity index is 827. The van der Waals surface area contributed by atoms with Gasteiger partial charge in [-0.3, -0.25) is 45.6 Å². The smallest absolute Gasteiger partial charge is 0.269 e. The molecule has 8 atom stereocenters. The zero-order valence-corrected chi connectivity index (χ0v) is 19.0. The molecule has 4 fully saturated rings. The average molecular weight is 475 g/mol. The number of hydrogen-bond acceptors (Lipinski definition) is 10. The maximum atomic E-state index is 12.6. The zero-order chi connectivity index (χ0) is 23.0. The molecule has 2 saturated heterocycles. The summed E-state index contributed by atoms with van der Waals surface area (Å²) in [7, 11) is -4.18. The van der Waals surface area contributed by atoms with Crippen molar-refractivity contribution in [2.75, 3.05) is 6.54 Å². The summed E-state index contributed by atoms with van der Waals surface area (Å²) in [6.07, 6.45) is 2.32. The predicted molar refractivity (Wildman–Crippen MR) is 114 cm³/mol. The van der Waals surface area contributed by atoms with Crippen LogP contribution in [0.2, 0.25) is 0 Å². The third kappa shape index (κ3) is 4.99. The molecule has 13 heteroatoms. The van der Waals surface area contributed by atoms with Crippen molar-refractivity contribution in [1.29, 1.82) is 0 Å². The van der Waals surface area contributed by atoms with Gasteiger partial charge in [0.05, 0.1) is 11.8 Å². The van der Waals surface area contributed by atoms with Gasteiger partial charge >= 0.3 is 0 Å². The molecule has 7 N–H and O–H groups in total. The lowest BCUT2D eigenvalue weighted by Gasteiger charge is -2.42. The molecule has 4 aliphatic rings. The molecule has 8 unspecified atom stereocenters. The largest absolute Gasteiger partial charge is 0.365 e. The number of likely N-dealkylation sites (tertiary alicyclic amines) is 1. The Morgan fingerprint density at radius 1 is 0.969 bits per heavy atom. The molecular formula is C19H34N6O6S. The van der Waals surface area contributed by atoms with Crippen LogP contribution in [0, 0.1) is 11.8 Å². The average Bonchev–Trinajstić information content (AvgIpc) is 2.96. The van der Waals surface area contributed by atoms with Gasteiger partial charge < -0.3 is 5.11 Å². The van der Waals surface area contributed by atoms with E-state index < -0.39 is 40.3 Å². The van der Waals surface area contributed by atoms with Crippen molar-refractivity contribution in [2.45, 2.75) is 88.1 Å². The predicted octanol–water partition coefficient (Wildman–Crippen LogP) is -1.84. The maximum absolute atomic E-state index is 12.6. The van der Waals surface area contributed by atoms with E-state index in [-0.39, 0.29) is 29.7 Å². The highest BCUT2D eigenvalue weighted by atomic mass is 32.2. The molecule has 4 rings (SSSR count). The van der Waals surface area contributed by atoms with E-state index in [1.807, 2.05) is 0 Å². The summed E-state index contributed by atoms with van der Waals surface area (Å²) in [6.45, 7) is 2.20. The van der Waals surface area contributed by atoms with Crippen LogP contribution in [0.1, 0.15) is 51.9 Å². The summed E-state index contributed by atoms with van der Waals surface area (Å²) in [5.74, 6) is -0.724. The topological polar surface area (TPSA) is 172 Å². The van der Waals surface area contributed by atoms with Crippen molar-refractivity contribution in [1.82, 2.24) is 31.5 Å². The summed E-state index contributed by atoms with van der Waals surface area (Å²) in [5.41, 5.74) is 0. The Balaban J connectivity index is 1.35. The SMILES string of the molecule is CCN1C(=O)C2CCC(NC3NC(O)NC(NC4CCCCC4S(=O)(=O)O)N3)CC2C1=O. The van der Waals surface area contributed by atoms with Crippen LogP contribution < -0.4 is 26.6 Å². The summed E-state index contributed by atoms with van der Waals surface area (Å²) in [5, 5.41) is 24.9. The van der Waals surface area contributed by atoms with Crippen molar-refractivity contribution in [2.24, 2.45) is 11.8 Å². The lowest BCUT2D eigenvalue weighted by atomic mass is 9.78. The fourth-order valence-corrected chi connectivity index (χ4v) is 6.72. The second-order valence-electron chi connectivity index (χ2n) is 9.19. The molecule has 0 aromatic heterocycles. The third-order valence-corrected chi connectivity index (χ3v) is 8.51. The molecule has 2 aliphatic heterocycles. The van der Waals surface area contributed by atoms with E-state index in [9.17, 15) is 27.7 Å². The Kier molecular flexibility index (Phi) is 7.17. The summed E-state index contributed by atoms with van der Waals surface area (Å²) < 4.78 is 33.1. The van der Waals surface area contributed by atoms with E-state index >= 15 is 0 Å². The number of carbonyl (C=O) groups is 2. The van der Waals surface area contributed by atoms with Gasteiger partial charge in [-0.25, -0.2) is 0 Å². The first kappa shape index (κ1) is 24.0. The van der Waals surface area contributed by atoms with Crippen LogP contribution in [-0.4, -0.2) is 77.6 Å². The van der Waals surface area contributed by atoms with E-state index in [0.29, 0.717) is 32.2 Å². The fourth-order valence-electron chi connectivity index (χ4n) is 5.62. The van der Waals surface area contributed by atoms with Gasteiger partial charge in [-0.2, -0.15) is 8.42 Å². The van der Waals surface area contributed by atoms with Gasteiger partial charge in [0.2, 0.25) is 11.8 Å². The standard InChI is InChI=1S/C19H34N6O6S/c1-2-25-15(26)11-8-7-10(9-12(11)16(25)27)20-17-22-18(24-19(28)23-17)21-13-5-3-4-6-14(13)32(29,30)31/h10-14,17-24,28H,2-9H2,1H3,(H,29,30,31). The Morgan fingerprint density at radius 3 is 2.31 bits per heavy atom. The Labute approximate surface area is 188 Å². The molecule has 12 nitrogen and oxygen atoms in total. The molecule has 0 radical (unpaired) electrons. The van der Waals surface area contributed by atoms with E-state index in [1.54, 1.807) is 6.92 Å². The summed E-state index contributed by atoms with van der Waals surface area (Å²) in [4.78, 5) is 26.3. The molecule has 182 valence electrons. The number of carbonyl (C=O) groups excluding carboxylic acids is 2. The monoisotopic (exact) mass is 474 g/mol. The summed E-state index contributed by atoms with van der Waals surface area (Å²) in [6, 6.07) is -0.478. The van der Waals surface area contributed by atoms with Crippen LogP contribution in [0.3, 0.4) is 0 Å². The van der Waals surface area contributed by atoms with Gasteiger partial charge in [-0.05, 0) is 39.0 Å². The lowest BCUT2D eigenvalue weighted by molar-refractivity contribution is -0.139. The van der Waals surface area contributed by atoms with Gasteiger partial charge in [0.15, 0.2) is 6.35 Å². The van der Waals surface area contributed by atoms with Crippen LogP contribution in [0.4, 0.5) is 0 Å². The number of amides is 2. The number of hydrogen-bond donors (Lipinski definition) is 7. The molecule has 2 amide bonds. The van der Waals surface area contributed by atoms with E-state index in [0.717, 1.165) is 19.3 Å². The molecule has 0 spiro atoms. The van der Waals surface area contributed by atoms with Crippen LogP contribution >= 0.6 is 0 Å². The normalized spacial score (nSPS) is 41.0. The molecular weight excluding hydrogens is 440 g/mol. The van der Waals surface area contributed by atoms with E-state index in [2.05, 4.69) is 26.6 Å². The Morgan fingerprint density at radius 2 is 1.62 bits per heavy atom. The van der Waals surface area contributed by atoms with Crippen LogP contribution in [-0.2, 0) is 19.7 Å². The van der Waals surface area contributed by atoms with Crippen LogP contribution in [0.5, 0.6) is 0 Å². The van der Waals surface area contributed by atoms with Gasteiger partial charge in [-0.15, -0.1) is 0 Å². The van der Waals surface area contributed by atoms with Crippen molar-refractivity contribution in [3.05, 3.63) is 0 Å². The van der Waals surface area contributed by atoms with Crippen molar-refractivity contribution in [3.8, 4) is 0 Å². The quantitative estimate of drug-likeness (QED) is 0.170. The lowest BCUT2D eigenvalue weighted by Crippen LogP contribution is -2.76.